The van der Waals surface area contributed by atoms with Crippen LogP contribution >= 0.6 is 11.3 Å². The first-order chi connectivity index (χ1) is 27.2. The van der Waals surface area contributed by atoms with Crippen LogP contribution in [0, 0.1) is 0 Å². The van der Waals surface area contributed by atoms with E-state index in [1.807, 2.05) is 12.1 Å². The van der Waals surface area contributed by atoms with E-state index in [4.69, 9.17) is 9.40 Å². The number of fused-ring (bicyclic) bond motifs is 8. The topological polar surface area (TPSA) is 29.3 Å². The van der Waals surface area contributed by atoms with Gasteiger partial charge in [-0.05, 0) is 93.0 Å². The molecule has 0 amide bonds. The molecule has 0 bridgehead atoms. The maximum absolute atomic E-state index is 6.30. The van der Waals surface area contributed by atoms with Crippen LogP contribution in [0.5, 0.6) is 0 Å². The SMILES string of the molecule is c1ccc(-c2nc3c(ccc4ccc5ccc(N(c6ccc(-c7ccccc7)c(-c7ccccc7)c6)c6ccc7oc8ccccc8c7c6)cc5c43)s2)cc1. The van der Waals surface area contributed by atoms with Crippen molar-refractivity contribution in [3.8, 4) is 32.8 Å². The summed E-state index contributed by atoms with van der Waals surface area (Å²) in [5.74, 6) is 0. The van der Waals surface area contributed by atoms with Gasteiger partial charge in [0.05, 0.1) is 10.2 Å². The second kappa shape index (κ2) is 12.8. The highest BCUT2D eigenvalue weighted by atomic mass is 32.1. The Morgan fingerprint density at radius 3 is 1.76 bits per heavy atom. The number of hydrogen-bond acceptors (Lipinski definition) is 4. The first-order valence-corrected chi connectivity index (χ1v) is 19.3. The van der Waals surface area contributed by atoms with Gasteiger partial charge in [0.25, 0.3) is 0 Å². The van der Waals surface area contributed by atoms with E-state index in [-0.39, 0.29) is 0 Å². The van der Waals surface area contributed by atoms with Crippen LogP contribution in [0.4, 0.5) is 17.1 Å². The third kappa shape index (κ3) is 5.38. The van der Waals surface area contributed by atoms with Gasteiger partial charge in [-0.1, -0.05) is 140 Å². The fourth-order valence-electron chi connectivity index (χ4n) is 8.06. The molecule has 0 aliphatic heterocycles. The molecule has 3 nitrogen and oxygen atoms in total. The van der Waals surface area contributed by atoms with Gasteiger partial charge in [0, 0.05) is 38.8 Å². The van der Waals surface area contributed by atoms with Gasteiger partial charge in [-0.2, -0.15) is 0 Å². The second-order valence-corrected chi connectivity index (χ2v) is 15.0. The van der Waals surface area contributed by atoms with Crippen LogP contribution in [0.3, 0.4) is 0 Å². The third-order valence-corrected chi connectivity index (χ3v) is 11.7. The fourth-order valence-corrected chi connectivity index (χ4v) is 9.04. The lowest BCUT2D eigenvalue weighted by molar-refractivity contribution is 0.669. The first-order valence-electron chi connectivity index (χ1n) is 18.5. The summed E-state index contributed by atoms with van der Waals surface area (Å²) in [6.45, 7) is 0. The van der Waals surface area contributed by atoms with Crippen LogP contribution in [-0.4, -0.2) is 4.98 Å². The lowest BCUT2D eigenvalue weighted by Gasteiger charge is -2.27. The van der Waals surface area contributed by atoms with Crippen molar-refractivity contribution >= 4 is 82.1 Å². The fraction of sp³-hybridized carbons (Fsp3) is 0. The lowest BCUT2D eigenvalue weighted by Crippen LogP contribution is -2.10. The highest BCUT2D eigenvalue weighted by molar-refractivity contribution is 7.21. The predicted octanol–water partition coefficient (Wildman–Crippen LogP) is 15.0. The van der Waals surface area contributed by atoms with Gasteiger partial charge in [0.1, 0.15) is 16.2 Å². The van der Waals surface area contributed by atoms with Gasteiger partial charge in [-0.15, -0.1) is 11.3 Å². The van der Waals surface area contributed by atoms with Crippen LogP contribution in [0.1, 0.15) is 0 Å². The Labute approximate surface area is 322 Å². The molecule has 2 aromatic heterocycles. The number of thiazole rings is 1. The average molecular weight is 721 g/mol. The van der Waals surface area contributed by atoms with Crippen molar-refractivity contribution < 1.29 is 4.42 Å². The Balaban J connectivity index is 1.17. The van der Waals surface area contributed by atoms with Crippen LogP contribution < -0.4 is 4.90 Å². The molecule has 9 aromatic carbocycles. The molecule has 55 heavy (non-hydrogen) atoms. The molecule has 0 fully saturated rings. The largest absolute Gasteiger partial charge is 0.456 e. The minimum Gasteiger partial charge on any atom is -0.456 e. The van der Waals surface area contributed by atoms with Crippen molar-refractivity contribution in [1.29, 1.82) is 0 Å². The molecule has 0 spiro atoms. The van der Waals surface area contributed by atoms with Crippen LogP contribution in [0.2, 0.25) is 0 Å². The van der Waals surface area contributed by atoms with Crippen LogP contribution in [0.15, 0.2) is 199 Å². The average Bonchev–Trinajstić information content (AvgIpc) is 3.87. The number of furan rings is 1. The summed E-state index contributed by atoms with van der Waals surface area (Å²) in [4.78, 5) is 7.67. The van der Waals surface area contributed by atoms with Gasteiger partial charge >= 0.3 is 0 Å². The number of rotatable bonds is 6. The number of anilines is 3. The van der Waals surface area contributed by atoms with Gasteiger partial charge in [-0.3, -0.25) is 0 Å². The first kappa shape index (κ1) is 31.5. The Hall–Kier alpha value is -7.01. The Morgan fingerprint density at radius 2 is 0.982 bits per heavy atom. The molecule has 0 saturated carbocycles. The van der Waals surface area contributed by atoms with Crippen LogP contribution in [-0.2, 0) is 0 Å². The maximum atomic E-state index is 6.30. The van der Waals surface area contributed by atoms with Gasteiger partial charge in [0.2, 0.25) is 0 Å². The molecule has 0 N–H and O–H groups in total. The summed E-state index contributed by atoms with van der Waals surface area (Å²) in [5.41, 5.74) is 11.8. The second-order valence-electron chi connectivity index (χ2n) is 13.9. The van der Waals surface area contributed by atoms with E-state index in [0.29, 0.717) is 0 Å². The van der Waals surface area contributed by atoms with E-state index < -0.39 is 0 Å². The van der Waals surface area contributed by atoms with Crippen molar-refractivity contribution in [1.82, 2.24) is 4.98 Å². The molecule has 0 saturated heterocycles. The normalized spacial score (nSPS) is 11.6. The zero-order chi connectivity index (χ0) is 36.3. The Morgan fingerprint density at radius 1 is 0.418 bits per heavy atom. The molecule has 4 heteroatoms. The van der Waals surface area contributed by atoms with Crippen molar-refractivity contribution in [3.05, 3.63) is 194 Å². The zero-order valence-corrected chi connectivity index (χ0v) is 30.5. The van der Waals surface area contributed by atoms with E-state index in [1.165, 1.54) is 48.5 Å². The number of hydrogen-bond donors (Lipinski definition) is 0. The van der Waals surface area contributed by atoms with E-state index >= 15 is 0 Å². The highest BCUT2D eigenvalue weighted by Crippen LogP contribution is 2.44. The maximum Gasteiger partial charge on any atom is 0.135 e. The van der Waals surface area contributed by atoms with E-state index in [9.17, 15) is 0 Å². The quantitative estimate of drug-likeness (QED) is 0.160. The summed E-state index contributed by atoms with van der Waals surface area (Å²) >= 11 is 1.75. The van der Waals surface area contributed by atoms with Crippen LogP contribution in [0.25, 0.3) is 86.5 Å². The molecule has 258 valence electrons. The monoisotopic (exact) mass is 720 g/mol. The number of aromatic nitrogens is 1. The minimum absolute atomic E-state index is 0.874. The van der Waals surface area contributed by atoms with Gasteiger partial charge in [0.15, 0.2) is 0 Å². The molecule has 0 unspecified atom stereocenters. The third-order valence-electron chi connectivity index (χ3n) is 10.7. The van der Waals surface area contributed by atoms with E-state index in [2.05, 4.69) is 187 Å². The predicted molar refractivity (Wildman–Crippen MR) is 233 cm³/mol. The summed E-state index contributed by atoms with van der Waals surface area (Å²) in [6, 6.07) is 69.3. The van der Waals surface area contributed by atoms with E-state index in [1.54, 1.807) is 11.3 Å². The van der Waals surface area contributed by atoms with Crippen molar-refractivity contribution in [2.75, 3.05) is 4.90 Å². The summed E-state index contributed by atoms with van der Waals surface area (Å²) in [5, 5.41) is 7.94. The molecular formula is C51H32N2OS. The summed E-state index contributed by atoms with van der Waals surface area (Å²) in [6.07, 6.45) is 0. The summed E-state index contributed by atoms with van der Waals surface area (Å²) < 4.78 is 7.48. The standard InChI is InChI=1S/C51H32N2OS/c1-4-12-33(13-5-1)41-27-25-39(30-43(41)34-14-6-2-7-15-34)53(40-26-28-47-45(32-40)42-18-10-11-19-46(42)54-47)38-24-22-35-20-21-36-23-29-48-50(49(36)44(35)31-38)52-51(55-48)37-16-8-3-9-17-37/h1-32H. The van der Waals surface area contributed by atoms with E-state index in [0.717, 1.165) is 55.1 Å². The van der Waals surface area contributed by atoms with Gasteiger partial charge in [-0.25, -0.2) is 4.98 Å². The molecule has 0 atom stereocenters. The molecule has 0 aliphatic rings. The van der Waals surface area contributed by atoms with Crippen molar-refractivity contribution in [2.24, 2.45) is 0 Å². The molecule has 11 aromatic rings. The minimum atomic E-state index is 0.874. The molecule has 0 aliphatic carbocycles. The molecule has 0 radical (unpaired) electrons. The Bertz CT molecular complexity index is 3200. The molecular weight excluding hydrogens is 689 g/mol. The van der Waals surface area contributed by atoms with Crippen molar-refractivity contribution in [2.45, 2.75) is 0 Å². The summed E-state index contributed by atoms with van der Waals surface area (Å²) in [7, 11) is 0. The lowest BCUT2D eigenvalue weighted by atomic mass is 9.93. The highest BCUT2D eigenvalue weighted by Gasteiger charge is 2.20. The Kier molecular flexibility index (Phi) is 7.35. The van der Waals surface area contributed by atoms with Gasteiger partial charge < -0.3 is 9.32 Å². The number of para-hydroxylation sites is 1. The molecule has 2 heterocycles. The number of benzene rings is 9. The number of nitrogens with zero attached hydrogens (tertiary/aromatic N) is 2. The smallest absolute Gasteiger partial charge is 0.135 e. The molecule has 11 rings (SSSR count). The van der Waals surface area contributed by atoms with Crippen molar-refractivity contribution in [3.63, 3.8) is 0 Å². The zero-order valence-electron chi connectivity index (χ0n) is 29.7.